The minimum atomic E-state index is 0.588. The summed E-state index contributed by atoms with van der Waals surface area (Å²) in [7, 11) is 0. The van der Waals surface area contributed by atoms with Gasteiger partial charge in [-0.25, -0.2) is 0 Å². The largest absolute Gasteiger partial charge is 0.316 e. The van der Waals surface area contributed by atoms with Crippen molar-refractivity contribution in [2.45, 2.75) is 26.2 Å². The van der Waals surface area contributed by atoms with Crippen LogP contribution in [0.3, 0.4) is 0 Å². The van der Waals surface area contributed by atoms with Gasteiger partial charge in [0.15, 0.2) is 0 Å². The highest BCUT2D eigenvalue weighted by Gasteiger charge is 2.15. The fraction of sp³-hybridized carbons (Fsp3) is 0.909. The third kappa shape index (κ3) is 4.08. The zero-order chi connectivity index (χ0) is 10.2. The zero-order valence-electron chi connectivity index (χ0n) is 9.13. The molecule has 3 heteroatoms. The first kappa shape index (κ1) is 11.5. The summed E-state index contributed by atoms with van der Waals surface area (Å²) >= 11 is 0. The summed E-state index contributed by atoms with van der Waals surface area (Å²) in [6.45, 7) is 7.21. The van der Waals surface area contributed by atoms with Gasteiger partial charge in [-0.2, -0.15) is 5.26 Å². The second-order valence-corrected chi connectivity index (χ2v) is 4.11. The lowest BCUT2D eigenvalue weighted by molar-refractivity contribution is 0.227. The highest BCUT2D eigenvalue weighted by atomic mass is 15.1. The molecule has 0 spiro atoms. The molecule has 0 radical (unpaired) electrons. The van der Waals surface area contributed by atoms with Gasteiger partial charge >= 0.3 is 0 Å². The van der Waals surface area contributed by atoms with E-state index in [1.807, 2.05) is 0 Å². The van der Waals surface area contributed by atoms with Gasteiger partial charge in [-0.15, -0.1) is 0 Å². The van der Waals surface area contributed by atoms with Crippen molar-refractivity contribution >= 4 is 0 Å². The molecule has 0 aromatic rings. The Bertz CT molecular complexity index is 179. The van der Waals surface area contributed by atoms with Crippen LogP contribution in [0.2, 0.25) is 0 Å². The molecule has 1 rings (SSSR count). The van der Waals surface area contributed by atoms with Crippen LogP contribution >= 0.6 is 0 Å². The maximum atomic E-state index is 8.69. The van der Waals surface area contributed by atoms with Gasteiger partial charge in [0.1, 0.15) is 0 Å². The highest BCUT2D eigenvalue weighted by Crippen LogP contribution is 2.11. The molecular weight excluding hydrogens is 174 g/mol. The molecule has 0 saturated carbocycles. The summed E-state index contributed by atoms with van der Waals surface area (Å²) in [5.41, 5.74) is 0. The number of hydrogen-bond acceptors (Lipinski definition) is 3. The van der Waals surface area contributed by atoms with Crippen LogP contribution in [-0.2, 0) is 0 Å². The Kier molecular flexibility index (Phi) is 5.58. The van der Waals surface area contributed by atoms with Crippen molar-refractivity contribution in [3.63, 3.8) is 0 Å². The van der Waals surface area contributed by atoms with E-state index in [1.165, 1.54) is 19.4 Å². The van der Waals surface area contributed by atoms with Crippen molar-refractivity contribution in [3.05, 3.63) is 0 Å². The summed E-state index contributed by atoms with van der Waals surface area (Å²) in [4.78, 5) is 2.28. The zero-order valence-corrected chi connectivity index (χ0v) is 9.13. The van der Waals surface area contributed by atoms with Gasteiger partial charge in [-0.3, -0.25) is 4.90 Å². The summed E-state index contributed by atoms with van der Waals surface area (Å²) in [5, 5.41) is 12.1. The molecule has 0 aliphatic carbocycles. The SMILES string of the molecule is CCCN(CC#N)CC1CCCNC1. The maximum absolute atomic E-state index is 8.69. The number of nitrogens with zero attached hydrogens (tertiary/aromatic N) is 2. The smallest absolute Gasteiger partial charge is 0.0866 e. The molecule has 3 nitrogen and oxygen atoms in total. The molecule has 1 aliphatic heterocycles. The van der Waals surface area contributed by atoms with Gasteiger partial charge < -0.3 is 5.32 Å². The Balaban J connectivity index is 2.26. The van der Waals surface area contributed by atoms with Crippen molar-refractivity contribution in [1.82, 2.24) is 10.2 Å². The van der Waals surface area contributed by atoms with Crippen LogP contribution < -0.4 is 5.32 Å². The van der Waals surface area contributed by atoms with Crippen LogP contribution in [0.25, 0.3) is 0 Å². The quantitative estimate of drug-likeness (QED) is 0.670. The highest BCUT2D eigenvalue weighted by molar-refractivity contribution is 4.79. The first-order valence-electron chi connectivity index (χ1n) is 5.66. The van der Waals surface area contributed by atoms with Crippen LogP contribution in [0.4, 0.5) is 0 Å². The lowest BCUT2D eigenvalue weighted by Gasteiger charge is -2.28. The topological polar surface area (TPSA) is 39.1 Å². The first-order valence-corrected chi connectivity index (χ1v) is 5.66. The Hall–Kier alpha value is -0.590. The summed E-state index contributed by atoms with van der Waals surface area (Å²) in [6, 6.07) is 2.25. The van der Waals surface area contributed by atoms with E-state index in [2.05, 4.69) is 23.2 Å². The molecule has 0 amide bonds. The van der Waals surface area contributed by atoms with Gasteiger partial charge in [0.25, 0.3) is 0 Å². The third-order valence-corrected chi connectivity index (χ3v) is 2.75. The van der Waals surface area contributed by atoms with E-state index < -0.39 is 0 Å². The molecule has 0 aromatic heterocycles. The molecule has 0 aromatic carbocycles. The molecule has 1 N–H and O–H groups in total. The van der Waals surface area contributed by atoms with Gasteiger partial charge in [-0.05, 0) is 44.8 Å². The molecule has 1 aliphatic rings. The lowest BCUT2D eigenvalue weighted by Crippen LogP contribution is -2.38. The van der Waals surface area contributed by atoms with Crippen molar-refractivity contribution in [3.8, 4) is 6.07 Å². The normalized spacial score (nSPS) is 22.2. The van der Waals surface area contributed by atoms with Crippen molar-refractivity contribution < 1.29 is 0 Å². The van der Waals surface area contributed by atoms with E-state index in [-0.39, 0.29) is 0 Å². The van der Waals surface area contributed by atoms with Crippen LogP contribution in [-0.4, -0.2) is 37.6 Å². The second kappa shape index (κ2) is 6.80. The molecule has 1 unspecified atom stereocenters. The van der Waals surface area contributed by atoms with E-state index in [1.54, 1.807) is 0 Å². The Morgan fingerprint density at radius 2 is 2.43 bits per heavy atom. The average molecular weight is 195 g/mol. The van der Waals surface area contributed by atoms with Crippen LogP contribution in [0.1, 0.15) is 26.2 Å². The van der Waals surface area contributed by atoms with E-state index >= 15 is 0 Å². The summed E-state index contributed by atoms with van der Waals surface area (Å²) < 4.78 is 0. The lowest BCUT2D eigenvalue weighted by atomic mass is 9.99. The predicted molar refractivity (Wildman–Crippen MR) is 57.9 cm³/mol. The molecule has 14 heavy (non-hydrogen) atoms. The molecule has 1 fully saturated rings. The fourth-order valence-electron chi connectivity index (χ4n) is 2.10. The van der Waals surface area contributed by atoms with Crippen molar-refractivity contribution in [1.29, 1.82) is 5.26 Å². The Morgan fingerprint density at radius 1 is 1.57 bits per heavy atom. The average Bonchev–Trinajstić information content (AvgIpc) is 2.20. The van der Waals surface area contributed by atoms with E-state index in [9.17, 15) is 0 Å². The van der Waals surface area contributed by atoms with Gasteiger partial charge in [-0.1, -0.05) is 6.92 Å². The third-order valence-electron chi connectivity index (χ3n) is 2.75. The van der Waals surface area contributed by atoms with Crippen molar-refractivity contribution in [2.75, 3.05) is 32.7 Å². The molecular formula is C11H21N3. The standard InChI is InChI=1S/C11H21N3/c1-2-7-14(8-5-12)10-11-4-3-6-13-9-11/h11,13H,2-4,6-10H2,1H3. The molecule has 1 heterocycles. The number of nitrogens with one attached hydrogen (secondary N) is 1. The first-order chi connectivity index (χ1) is 6.86. The number of hydrogen-bond donors (Lipinski definition) is 1. The molecule has 1 saturated heterocycles. The van der Waals surface area contributed by atoms with Crippen LogP contribution in [0, 0.1) is 17.2 Å². The summed E-state index contributed by atoms with van der Waals surface area (Å²) in [5.74, 6) is 0.753. The van der Waals surface area contributed by atoms with Gasteiger partial charge in [0.2, 0.25) is 0 Å². The fourth-order valence-corrected chi connectivity index (χ4v) is 2.10. The van der Waals surface area contributed by atoms with E-state index in [4.69, 9.17) is 5.26 Å². The molecule has 1 atom stereocenters. The van der Waals surface area contributed by atoms with Crippen LogP contribution in [0.5, 0.6) is 0 Å². The minimum absolute atomic E-state index is 0.588. The monoisotopic (exact) mass is 195 g/mol. The summed E-state index contributed by atoms with van der Waals surface area (Å²) in [6.07, 6.45) is 3.75. The van der Waals surface area contributed by atoms with Crippen molar-refractivity contribution in [2.24, 2.45) is 5.92 Å². The number of nitriles is 1. The molecule has 0 bridgehead atoms. The maximum Gasteiger partial charge on any atom is 0.0866 e. The van der Waals surface area contributed by atoms with E-state index in [0.717, 1.165) is 32.0 Å². The minimum Gasteiger partial charge on any atom is -0.316 e. The van der Waals surface area contributed by atoms with Gasteiger partial charge in [0, 0.05) is 6.54 Å². The number of rotatable bonds is 5. The van der Waals surface area contributed by atoms with Gasteiger partial charge in [0.05, 0.1) is 12.6 Å². The molecule has 80 valence electrons. The van der Waals surface area contributed by atoms with Crippen LogP contribution in [0.15, 0.2) is 0 Å². The van der Waals surface area contributed by atoms with E-state index in [0.29, 0.717) is 6.54 Å². The Labute approximate surface area is 87.1 Å². The Morgan fingerprint density at radius 3 is 3.00 bits per heavy atom. The number of piperidine rings is 1. The second-order valence-electron chi connectivity index (χ2n) is 4.11. The predicted octanol–water partition coefficient (Wildman–Crippen LogP) is 1.22.